The quantitative estimate of drug-likeness (QED) is 0.428. The van der Waals surface area contributed by atoms with Crippen molar-refractivity contribution < 1.29 is 4.79 Å². The van der Waals surface area contributed by atoms with Gasteiger partial charge >= 0.3 is 0 Å². The van der Waals surface area contributed by atoms with Crippen LogP contribution in [0.3, 0.4) is 0 Å². The van der Waals surface area contributed by atoms with E-state index >= 15 is 0 Å². The number of hydrogen-bond donors (Lipinski definition) is 2. The van der Waals surface area contributed by atoms with Gasteiger partial charge in [-0.05, 0) is 43.5 Å². The van der Waals surface area contributed by atoms with Gasteiger partial charge in [0.25, 0.3) is 0 Å². The Morgan fingerprint density at radius 3 is 2.80 bits per heavy atom. The van der Waals surface area contributed by atoms with Crippen LogP contribution in [0.1, 0.15) is 23.3 Å². The van der Waals surface area contributed by atoms with Gasteiger partial charge in [-0.25, -0.2) is 9.97 Å². The molecule has 184 valence electrons. The fourth-order valence-corrected chi connectivity index (χ4v) is 5.11. The highest BCUT2D eigenvalue weighted by atomic mass is 32.1. The summed E-state index contributed by atoms with van der Waals surface area (Å²) in [4.78, 5) is 28.9. The number of piperazine rings is 1. The normalized spacial score (nSPS) is 18.9. The van der Waals surface area contributed by atoms with Crippen LogP contribution < -0.4 is 10.6 Å². The molecule has 0 saturated carbocycles. The third-order valence-corrected chi connectivity index (χ3v) is 7.00. The lowest BCUT2D eigenvalue weighted by atomic mass is 10.1. The number of anilines is 3. The zero-order valence-electron chi connectivity index (χ0n) is 20.1. The van der Waals surface area contributed by atoms with Crippen LogP contribution in [0.4, 0.5) is 16.8 Å². The van der Waals surface area contributed by atoms with Gasteiger partial charge in [0.05, 0.1) is 6.07 Å². The van der Waals surface area contributed by atoms with E-state index in [4.69, 9.17) is 10.2 Å². The van der Waals surface area contributed by atoms with E-state index in [1.165, 1.54) is 12.2 Å². The van der Waals surface area contributed by atoms with Gasteiger partial charge in [0, 0.05) is 75.2 Å². The molecule has 35 heavy (non-hydrogen) atoms. The number of aryl methyl sites for hydroxylation is 1. The van der Waals surface area contributed by atoms with E-state index in [2.05, 4.69) is 50.2 Å². The average molecular weight is 493 g/mol. The second kappa shape index (κ2) is 11.8. The second-order valence-electron chi connectivity index (χ2n) is 8.88. The summed E-state index contributed by atoms with van der Waals surface area (Å²) in [6.07, 6.45) is 8.57. The molecule has 2 saturated heterocycles. The van der Waals surface area contributed by atoms with Gasteiger partial charge in [0.1, 0.15) is 11.6 Å². The Morgan fingerprint density at radius 2 is 2.09 bits per heavy atom. The van der Waals surface area contributed by atoms with E-state index in [9.17, 15) is 4.79 Å². The number of carbonyl (C=O) groups is 1. The lowest BCUT2D eigenvalue weighted by Crippen LogP contribution is -2.44. The first-order chi connectivity index (χ1) is 17.0. The standard InChI is InChI=1S/C25H32N8OS/c1-3-24(34)33-9-4-6-21(18-33)28-22-14-20(15-23(29-22)30-25-27-16-19(2)35-25)17-32-12-10-31(11-13-32)8-5-7-26/h3,5,8,14-16,21H,1,4,6,9-13,17-18H2,2H3,(H2,27,28,29,30)/t21-/m0/s1. The molecule has 0 aromatic carbocycles. The Bertz CT molecular complexity index is 1100. The van der Waals surface area contributed by atoms with Crippen molar-refractivity contribution in [1.82, 2.24) is 24.7 Å². The number of thiazole rings is 1. The third-order valence-electron chi connectivity index (χ3n) is 6.17. The zero-order chi connectivity index (χ0) is 24.6. The molecule has 2 aliphatic heterocycles. The van der Waals surface area contributed by atoms with Gasteiger partial charge in [-0.2, -0.15) is 5.26 Å². The summed E-state index contributed by atoms with van der Waals surface area (Å²) < 4.78 is 0. The predicted molar refractivity (Wildman–Crippen MR) is 139 cm³/mol. The summed E-state index contributed by atoms with van der Waals surface area (Å²) in [5.74, 6) is 1.53. The van der Waals surface area contributed by atoms with Gasteiger partial charge in [0.2, 0.25) is 5.91 Å². The highest BCUT2D eigenvalue weighted by Crippen LogP contribution is 2.25. The number of pyridine rings is 1. The number of likely N-dealkylation sites (tertiary alicyclic amines) is 1. The first kappa shape index (κ1) is 24.7. The molecule has 0 unspecified atom stereocenters. The van der Waals surface area contributed by atoms with Crippen LogP contribution in [0.5, 0.6) is 0 Å². The molecule has 1 atom stereocenters. The van der Waals surface area contributed by atoms with Gasteiger partial charge in [-0.3, -0.25) is 9.69 Å². The molecule has 4 rings (SSSR count). The van der Waals surface area contributed by atoms with Crippen molar-refractivity contribution >= 4 is 34.0 Å². The SMILES string of the molecule is C=CC(=O)N1CCC[C@H](Nc2cc(CN3CCN(C=CC#N)CC3)cc(Nc3ncc(C)s3)n2)C1. The first-order valence-corrected chi connectivity index (χ1v) is 12.7. The molecule has 2 aliphatic rings. The van der Waals surface area contributed by atoms with Crippen LogP contribution >= 0.6 is 11.3 Å². The average Bonchev–Trinajstić information content (AvgIpc) is 3.27. The number of amides is 1. The van der Waals surface area contributed by atoms with Crippen molar-refractivity contribution in [3.05, 3.63) is 53.7 Å². The van der Waals surface area contributed by atoms with Crippen LogP contribution in [-0.2, 0) is 11.3 Å². The van der Waals surface area contributed by atoms with Crippen LogP contribution in [0.15, 0.2) is 43.3 Å². The van der Waals surface area contributed by atoms with E-state index in [1.54, 1.807) is 11.3 Å². The monoisotopic (exact) mass is 492 g/mol. The van der Waals surface area contributed by atoms with Gasteiger partial charge in [0.15, 0.2) is 5.13 Å². The molecule has 2 fully saturated rings. The number of nitriles is 1. The summed E-state index contributed by atoms with van der Waals surface area (Å²) >= 11 is 1.60. The second-order valence-corrected chi connectivity index (χ2v) is 10.1. The molecule has 1 amide bonds. The van der Waals surface area contributed by atoms with Crippen molar-refractivity contribution in [1.29, 1.82) is 5.26 Å². The Hall–Kier alpha value is -3.42. The number of nitrogens with one attached hydrogen (secondary N) is 2. The van der Waals surface area contributed by atoms with Crippen molar-refractivity contribution in [2.45, 2.75) is 32.4 Å². The van der Waals surface area contributed by atoms with Crippen molar-refractivity contribution in [2.24, 2.45) is 0 Å². The van der Waals surface area contributed by atoms with E-state index in [0.717, 1.165) is 79.3 Å². The number of aromatic nitrogens is 2. The summed E-state index contributed by atoms with van der Waals surface area (Å²) in [6, 6.07) is 6.38. The smallest absolute Gasteiger partial charge is 0.246 e. The Balaban J connectivity index is 1.47. The Morgan fingerprint density at radius 1 is 1.29 bits per heavy atom. The minimum absolute atomic E-state index is 0.0246. The molecule has 2 N–H and O–H groups in total. The molecular weight excluding hydrogens is 460 g/mol. The van der Waals surface area contributed by atoms with Gasteiger partial charge in [-0.1, -0.05) is 6.58 Å². The van der Waals surface area contributed by atoms with Crippen molar-refractivity contribution in [3.63, 3.8) is 0 Å². The number of rotatable bonds is 8. The lowest BCUT2D eigenvalue weighted by Gasteiger charge is -2.34. The molecule has 10 heteroatoms. The number of allylic oxidation sites excluding steroid dienone is 1. The summed E-state index contributed by atoms with van der Waals surface area (Å²) in [5, 5.41) is 16.5. The molecule has 0 bridgehead atoms. The highest BCUT2D eigenvalue weighted by Gasteiger charge is 2.23. The topological polar surface area (TPSA) is 100 Å². The van der Waals surface area contributed by atoms with Crippen LogP contribution in [0.2, 0.25) is 0 Å². The summed E-state index contributed by atoms with van der Waals surface area (Å²) in [7, 11) is 0. The largest absolute Gasteiger partial charge is 0.374 e. The molecular formula is C25H32N8OS. The highest BCUT2D eigenvalue weighted by molar-refractivity contribution is 7.15. The van der Waals surface area contributed by atoms with Crippen LogP contribution in [0.25, 0.3) is 0 Å². The maximum atomic E-state index is 12.1. The number of piperidine rings is 1. The minimum Gasteiger partial charge on any atom is -0.374 e. The molecule has 0 aliphatic carbocycles. The third kappa shape index (κ3) is 7.04. The number of nitrogens with zero attached hydrogens (tertiary/aromatic N) is 6. The molecule has 9 nitrogen and oxygen atoms in total. The predicted octanol–water partition coefficient (Wildman–Crippen LogP) is 3.33. The molecule has 2 aromatic rings. The fourth-order valence-electron chi connectivity index (χ4n) is 4.44. The molecule has 2 aromatic heterocycles. The lowest BCUT2D eigenvalue weighted by molar-refractivity contribution is -0.127. The van der Waals surface area contributed by atoms with E-state index in [0.29, 0.717) is 6.54 Å². The van der Waals surface area contributed by atoms with Crippen LogP contribution in [-0.4, -0.2) is 75.9 Å². The van der Waals surface area contributed by atoms with Crippen molar-refractivity contribution in [2.75, 3.05) is 49.9 Å². The molecule has 4 heterocycles. The minimum atomic E-state index is -0.0246. The Labute approximate surface area is 210 Å². The maximum Gasteiger partial charge on any atom is 0.246 e. The zero-order valence-corrected chi connectivity index (χ0v) is 20.9. The number of carbonyl (C=O) groups excluding carboxylic acids is 1. The van der Waals surface area contributed by atoms with E-state index in [1.807, 2.05) is 24.2 Å². The maximum absolute atomic E-state index is 12.1. The first-order valence-electron chi connectivity index (χ1n) is 11.9. The van der Waals surface area contributed by atoms with Gasteiger partial charge < -0.3 is 20.4 Å². The molecule has 0 radical (unpaired) electrons. The van der Waals surface area contributed by atoms with E-state index < -0.39 is 0 Å². The Kier molecular flexibility index (Phi) is 8.34. The van der Waals surface area contributed by atoms with Gasteiger partial charge in [-0.15, -0.1) is 11.3 Å². The summed E-state index contributed by atoms with van der Waals surface area (Å²) in [5.41, 5.74) is 1.16. The van der Waals surface area contributed by atoms with Crippen LogP contribution in [0, 0.1) is 18.3 Å². The summed E-state index contributed by atoms with van der Waals surface area (Å²) in [6.45, 7) is 11.5. The number of hydrogen-bond acceptors (Lipinski definition) is 9. The van der Waals surface area contributed by atoms with E-state index in [-0.39, 0.29) is 11.9 Å². The van der Waals surface area contributed by atoms with Crippen molar-refractivity contribution in [3.8, 4) is 6.07 Å². The molecule has 0 spiro atoms. The fraction of sp³-hybridized carbons (Fsp3) is 0.440.